The van der Waals surface area contributed by atoms with Gasteiger partial charge in [0.1, 0.15) is 6.04 Å². The number of aliphatic imine (C=N–C) groups is 1. The molecule has 0 bridgehead atoms. The zero-order chi connectivity index (χ0) is 14.0. The molecule has 2 aliphatic rings. The molecule has 1 saturated carbocycles. The number of thioether (sulfide) groups is 1. The second kappa shape index (κ2) is 5.73. The summed E-state index contributed by atoms with van der Waals surface area (Å²) in [5.41, 5.74) is 0.188. The van der Waals surface area contributed by atoms with Gasteiger partial charge in [0.15, 0.2) is 5.17 Å². The Kier molecular flexibility index (Phi) is 4.43. The highest BCUT2D eigenvalue weighted by Crippen LogP contribution is 2.30. The van der Waals surface area contributed by atoms with Gasteiger partial charge in [0, 0.05) is 11.8 Å². The van der Waals surface area contributed by atoms with Crippen LogP contribution < -0.4 is 10.6 Å². The fourth-order valence-electron chi connectivity index (χ4n) is 2.02. The SMILES string of the molecule is CC(NC1=NC(C(C)(C)C)CCS1)C(=O)NC1CC1. The van der Waals surface area contributed by atoms with Crippen LogP contribution in [0.15, 0.2) is 4.99 Å². The minimum Gasteiger partial charge on any atom is -0.353 e. The van der Waals surface area contributed by atoms with Gasteiger partial charge in [-0.3, -0.25) is 9.79 Å². The molecule has 19 heavy (non-hydrogen) atoms. The third kappa shape index (κ3) is 4.41. The third-order valence-electron chi connectivity index (χ3n) is 3.56. The van der Waals surface area contributed by atoms with E-state index in [1.54, 1.807) is 11.8 Å². The molecule has 2 N–H and O–H groups in total. The molecule has 1 amide bonds. The maximum absolute atomic E-state index is 11.9. The Morgan fingerprint density at radius 2 is 2.05 bits per heavy atom. The molecule has 4 nitrogen and oxygen atoms in total. The van der Waals surface area contributed by atoms with E-state index in [-0.39, 0.29) is 17.4 Å². The van der Waals surface area contributed by atoms with Gasteiger partial charge in [0.05, 0.1) is 6.04 Å². The highest BCUT2D eigenvalue weighted by molar-refractivity contribution is 8.13. The molecule has 0 spiro atoms. The van der Waals surface area contributed by atoms with Crippen molar-refractivity contribution in [1.29, 1.82) is 0 Å². The summed E-state index contributed by atoms with van der Waals surface area (Å²) in [5.74, 6) is 1.16. The van der Waals surface area contributed by atoms with Gasteiger partial charge in [0.25, 0.3) is 0 Å². The zero-order valence-corrected chi connectivity index (χ0v) is 13.1. The molecule has 1 aliphatic carbocycles. The summed E-state index contributed by atoms with van der Waals surface area (Å²) in [6, 6.07) is 0.556. The molecule has 108 valence electrons. The van der Waals surface area contributed by atoms with Gasteiger partial charge in [-0.15, -0.1) is 0 Å². The number of amidine groups is 1. The van der Waals surface area contributed by atoms with Crippen molar-refractivity contribution >= 4 is 22.8 Å². The lowest BCUT2D eigenvalue weighted by Crippen LogP contribution is -2.46. The van der Waals surface area contributed by atoms with Crippen LogP contribution in [0.5, 0.6) is 0 Å². The molecule has 0 aromatic heterocycles. The average molecular weight is 283 g/mol. The number of hydrogen-bond acceptors (Lipinski definition) is 4. The van der Waals surface area contributed by atoms with E-state index in [4.69, 9.17) is 4.99 Å². The van der Waals surface area contributed by atoms with E-state index in [1.165, 1.54) is 0 Å². The summed E-state index contributed by atoms with van der Waals surface area (Å²) in [4.78, 5) is 16.7. The Morgan fingerprint density at radius 3 is 2.63 bits per heavy atom. The molecule has 5 heteroatoms. The van der Waals surface area contributed by atoms with Crippen LogP contribution in [0.2, 0.25) is 0 Å². The van der Waals surface area contributed by atoms with Crippen LogP contribution in [0, 0.1) is 5.41 Å². The van der Waals surface area contributed by atoms with Crippen molar-refractivity contribution in [2.24, 2.45) is 10.4 Å². The largest absolute Gasteiger partial charge is 0.353 e. The first-order chi connectivity index (χ1) is 8.86. The Labute approximate surface area is 120 Å². The van der Waals surface area contributed by atoms with Crippen molar-refractivity contribution in [1.82, 2.24) is 10.6 Å². The van der Waals surface area contributed by atoms with Crippen LogP contribution in [0.4, 0.5) is 0 Å². The monoisotopic (exact) mass is 283 g/mol. The average Bonchev–Trinajstić information content (AvgIpc) is 3.12. The van der Waals surface area contributed by atoms with Gasteiger partial charge in [0.2, 0.25) is 5.91 Å². The summed E-state index contributed by atoms with van der Waals surface area (Å²) >= 11 is 1.72. The van der Waals surface area contributed by atoms with Crippen LogP contribution in [0.1, 0.15) is 47.0 Å². The first kappa shape index (κ1) is 14.7. The van der Waals surface area contributed by atoms with E-state index in [0.29, 0.717) is 12.1 Å². The molecule has 0 saturated heterocycles. The van der Waals surface area contributed by atoms with Crippen LogP contribution in [0.25, 0.3) is 0 Å². The van der Waals surface area contributed by atoms with Crippen molar-refractivity contribution in [2.75, 3.05) is 5.75 Å². The fourth-order valence-corrected chi connectivity index (χ4v) is 3.02. The van der Waals surface area contributed by atoms with Crippen molar-refractivity contribution in [3.8, 4) is 0 Å². The van der Waals surface area contributed by atoms with Crippen molar-refractivity contribution in [3.05, 3.63) is 0 Å². The predicted molar refractivity (Wildman–Crippen MR) is 81.5 cm³/mol. The molecule has 0 aromatic rings. The van der Waals surface area contributed by atoms with E-state index in [9.17, 15) is 4.79 Å². The normalized spacial score (nSPS) is 25.5. The van der Waals surface area contributed by atoms with Crippen LogP contribution >= 0.6 is 11.8 Å². The van der Waals surface area contributed by atoms with Gasteiger partial charge >= 0.3 is 0 Å². The van der Waals surface area contributed by atoms with Gasteiger partial charge in [-0.1, -0.05) is 32.5 Å². The van der Waals surface area contributed by atoms with E-state index < -0.39 is 0 Å². The molecule has 1 fully saturated rings. The lowest BCUT2D eigenvalue weighted by Gasteiger charge is -2.31. The fraction of sp³-hybridized carbons (Fsp3) is 0.857. The summed E-state index contributed by atoms with van der Waals surface area (Å²) in [6.07, 6.45) is 3.36. The molecule has 2 rings (SSSR count). The topological polar surface area (TPSA) is 53.5 Å². The Morgan fingerprint density at radius 1 is 1.37 bits per heavy atom. The lowest BCUT2D eigenvalue weighted by molar-refractivity contribution is -0.122. The first-order valence-electron chi connectivity index (χ1n) is 7.14. The molecule has 0 radical (unpaired) electrons. The number of nitrogens with one attached hydrogen (secondary N) is 2. The number of hydrogen-bond donors (Lipinski definition) is 2. The molecule has 1 heterocycles. The van der Waals surface area contributed by atoms with E-state index >= 15 is 0 Å². The Bertz CT molecular complexity index is 371. The summed E-state index contributed by atoms with van der Waals surface area (Å²) in [5, 5.41) is 7.19. The molecule has 1 aliphatic heterocycles. The number of amides is 1. The summed E-state index contributed by atoms with van der Waals surface area (Å²) < 4.78 is 0. The highest BCUT2D eigenvalue weighted by atomic mass is 32.2. The Balaban J connectivity index is 1.89. The second-order valence-electron chi connectivity index (χ2n) is 6.60. The van der Waals surface area contributed by atoms with Gasteiger partial charge < -0.3 is 10.6 Å². The highest BCUT2D eigenvalue weighted by Gasteiger charge is 2.29. The Hall–Kier alpha value is -0.710. The van der Waals surface area contributed by atoms with Crippen LogP contribution in [0.3, 0.4) is 0 Å². The number of rotatable bonds is 3. The molecule has 2 unspecified atom stereocenters. The van der Waals surface area contributed by atoms with Crippen LogP contribution in [-0.2, 0) is 4.79 Å². The maximum Gasteiger partial charge on any atom is 0.242 e. The van der Waals surface area contributed by atoms with E-state index in [2.05, 4.69) is 31.4 Å². The van der Waals surface area contributed by atoms with Crippen molar-refractivity contribution < 1.29 is 4.79 Å². The molecule has 0 aromatic carbocycles. The minimum absolute atomic E-state index is 0.0867. The van der Waals surface area contributed by atoms with Gasteiger partial charge in [-0.2, -0.15) is 0 Å². The summed E-state index contributed by atoms with van der Waals surface area (Å²) in [6.45, 7) is 8.56. The van der Waals surface area contributed by atoms with Crippen molar-refractivity contribution in [2.45, 2.75) is 65.1 Å². The minimum atomic E-state index is -0.203. The molecular weight excluding hydrogens is 258 g/mol. The van der Waals surface area contributed by atoms with Gasteiger partial charge in [-0.25, -0.2) is 0 Å². The zero-order valence-electron chi connectivity index (χ0n) is 12.3. The smallest absolute Gasteiger partial charge is 0.242 e. The van der Waals surface area contributed by atoms with Gasteiger partial charge in [-0.05, 0) is 31.6 Å². The lowest BCUT2D eigenvalue weighted by atomic mass is 9.85. The van der Waals surface area contributed by atoms with Crippen molar-refractivity contribution in [3.63, 3.8) is 0 Å². The first-order valence-corrected chi connectivity index (χ1v) is 8.12. The van der Waals surface area contributed by atoms with E-state index in [1.807, 2.05) is 6.92 Å². The predicted octanol–water partition coefficient (Wildman–Crippen LogP) is 2.15. The number of carbonyl (C=O) groups is 1. The molecular formula is C14H25N3OS. The quantitative estimate of drug-likeness (QED) is 0.834. The standard InChI is InChI=1S/C14H25N3OS/c1-9(12(18)16-10-5-6-10)15-13-17-11(7-8-19-13)14(2,3)4/h9-11H,5-8H2,1-4H3,(H,15,17)(H,16,18). The maximum atomic E-state index is 11.9. The number of nitrogens with zero attached hydrogens (tertiary/aromatic N) is 1. The second-order valence-corrected chi connectivity index (χ2v) is 7.69. The summed E-state index contributed by atoms with van der Waals surface area (Å²) in [7, 11) is 0. The number of carbonyl (C=O) groups excluding carboxylic acids is 1. The van der Waals surface area contributed by atoms with Crippen LogP contribution in [-0.4, -0.2) is 35.0 Å². The molecule has 2 atom stereocenters. The van der Waals surface area contributed by atoms with E-state index in [0.717, 1.165) is 30.2 Å². The third-order valence-corrected chi connectivity index (χ3v) is 4.50.